The molecule has 3 rings (SSSR count). The maximum Gasteiger partial charge on any atom is 0.407 e. The van der Waals surface area contributed by atoms with E-state index in [1.807, 2.05) is 36.4 Å². The minimum absolute atomic E-state index is 0.111. The van der Waals surface area contributed by atoms with E-state index in [0.29, 0.717) is 44.5 Å². The maximum absolute atomic E-state index is 13.1. The van der Waals surface area contributed by atoms with Gasteiger partial charge in [-0.1, -0.05) is 42.5 Å². The molecule has 6 nitrogen and oxygen atoms in total. The monoisotopic (exact) mass is 354 g/mol. The summed E-state index contributed by atoms with van der Waals surface area (Å²) in [7, 11) is 0. The van der Waals surface area contributed by atoms with Gasteiger partial charge in [0, 0.05) is 25.2 Å². The van der Waals surface area contributed by atoms with Crippen LogP contribution >= 0.6 is 0 Å². The van der Waals surface area contributed by atoms with Crippen molar-refractivity contribution < 1.29 is 19.5 Å². The molecular weight excluding hydrogens is 332 g/mol. The number of carbonyl (C=O) groups excluding carboxylic acids is 2. The van der Waals surface area contributed by atoms with E-state index >= 15 is 0 Å². The zero-order chi connectivity index (χ0) is 18.5. The molecule has 0 unspecified atom stereocenters. The number of carboxylic acid groups (broad SMARTS) is 1. The summed E-state index contributed by atoms with van der Waals surface area (Å²) in [4.78, 5) is 38.9. The highest BCUT2D eigenvalue weighted by Crippen LogP contribution is 2.26. The fourth-order valence-electron chi connectivity index (χ4n) is 3.34. The third kappa shape index (κ3) is 4.02. The van der Waals surface area contributed by atoms with E-state index in [2.05, 4.69) is 0 Å². The molecule has 1 saturated heterocycles. The Morgan fingerprint density at radius 1 is 1.08 bits per heavy atom. The van der Waals surface area contributed by atoms with Crippen LogP contribution in [0.4, 0.5) is 4.79 Å². The fraction of sp³-hybridized carbons (Fsp3) is 0.350. The molecule has 0 atom stereocenters. The zero-order valence-electron chi connectivity index (χ0n) is 14.5. The smallest absolute Gasteiger partial charge is 0.407 e. The predicted molar refractivity (Wildman–Crippen MR) is 97.2 cm³/mol. The average molecular weight is 354 g/mol. The quantitative estimate of drug-likeness (QED) is 0.847. The Bertz CT molecular complexity index is 746. The van der Waals surface area contributed by atoms with Crippen molar-refractivity contribution in [3.8, 4) is 0 Å². The number of imide groups is 1. The number of benzene rings is 1. The Balaban J connectivity index is 1.85. The number of rotatable bonds is 3. The number of likely N-dealkylation sites (tertiary alicyclic amines) is 1. The zero-order valence-corrected chi connectivity index (χ0v) is 14.5. The van der Waals surface area contributed by atoms with Crippen molar-refractivity contribution in [3.05, 3.63) is 54.1 Å². The first-order chi connectivity index (χ1) is 12.6. The molecule has 1 aromatic carbocycles. The molecule has 1 fully saturated rings. The number of piperidine rings is 1. The number of amides is 3. The maximum atomic E-state index is 13.1. The first-order valence-corrected chi connectivity index (χ1v) is 8.83. The van der Waals surface area contributed by atoms with E-state index in [1.54, 1.807) is 6.08 Å². The van der Waals surface area contributed by atoms with Gasteiger partial charge in [0.15, 0.2) is 0 Å². The second-order valence-corrected chi connectivity index (χ2v) is 6.54. The van der Waals surface area contributed by atoms with E-state index in [9.17, 15) is 14.4 Å². The molecule has 0 aliphatic carbocycles. The lowest BCUT2D eigenvalue weighted by Gasteiger charge is -2.29. The van der Waals surface area contributed by atoms with Crippen LogP contribution in [-0.4, -0.2) is 52.4 Å². The molecule has 0 spiro atoms. The lowest BCUT2D eigenvalue weighted by atomic mass is 9.91. The van der Waals surface area contributed by atoms with Gasteiger partial charge in [0.2, 0.25) is 0 Å². The van der Waals surface area contributed by atoms with Crippen LogP contribution in [0, 0.1) is 5.92 Å². The lowest BCUT2D eigenvalue weighted by Crippen LogP contribution is -2.39. The lowest BCUT2D eigenvalue weighted by molar-refractivity contribution is -0.138. The molecule has 6 heteroatoms. The van der Waals surface area contributed by atoms with Crippen LogP contribution in [0.3, 0.4) is 0 Å². The molecule has 136 valence electrons. The molecule has 2 aliphatic rings. The van der Waals surface area contributed by atoms with Crippen molar-refractivity contribution in [3.63, 3.8) is 0 Å². The van der Waals surface area contributed by atoms with Gasteiger partial charge in [-0.2, -0.15) is 0 Å². The van der Waals surface area contributed by atoms with Crippen molar-refractivity contribution in [2.24, 2.45) is 5.92 Å². The van der Waals surface area contributed by atoms with Gasteiger partial charge in [0.05, 0.1) is 0 Å². The normalized spacial score (nSPS) is 18.9. The molecule has 1 aromatic rings. The third-order valence-corrected chi connectivity index (χ3v) is 4.82. The molecule has 1 N–H and O–H groups in total. The van der Waals surface area contributed by atoms with E-state index in [0.717, 1.165) is 5.56 Å². The summed E-state index contributed by atoms with van der Waals surface area (Å²) in [6, 6.07) is 9.33. The van der Waals surface area contributed by atoms with Crippen LogP contribution in [0.5, 0.6) is 0 Å². The Morgan fingerprint density at radius 3 is 2.38 bits per heavy atom. The van der Waals surface area contributed by atoms with Crippen LogP contribution in [0.1, 0.15) is 24.8 Å². The number of allylic oxidation sites excluding steroid dienone is 1. The summed E-state index contributed by atoms with van der Waals surface area (Å²) in [5, 5.41) is 9.08. The summed E-state index contributed by atoms with van der Waals surface area (Å²) >= 11 is 0. The second-order valence-electron chi connectivity index (χ2n) is 6.54. The minimum atomic E-state index is -0.905. The van der Waals surface area contributed by atoms with Crippen molar-refractivity contribution in [2.75, 3.05) is 19.6 Å². The minimum Gasteiger partial charge on any atom is -0.465 e. The Kier molecular flexibility index (Phi) is 5.51. The van der Waals surface area contributed by atoms with E-state index in [4.69, 9.17) is 5.11 Å². The molecule has 26 heavy (non-hydrogen) atoms. The van der Waals surface area contributed by atoms with Crippen LogP contribution in [0.2, 0.25) is 0 Å². The van der Waals surface area contributed by atoms with Gasteiger partial charge in [0.1, 0.15) is 0 Å². The average Bonchev–Trinajstić information content (AvgIpc) is 2.67. The SMILES string of the molecule is O=C(O)N1CCC(/C=C(/C(=O)N2CCC=CC2=O)c2ccccc2)CC1. The van der Waals surface area contributed by atoms with Crippen LogP contribution in [0.25, 0.3) is 5.57 Å². The molecule has 2 aliphatic heterocycles. The molecule has 0 bridgehead atoms. The number of nitrogens with zero attached hydrogens (tertiary/aromatic N) is 2. The van der Waals surface area contributed by atoms with Crippen molar-refractivity contribution in [1.82, 2.24) is 9.80 Å². The fourth-order valence-corrected chi connectivity index (χ4v) is 3.34. The Morgan fingerprint density at radius 2 is 1.77 bits per heavy atom. The van der Waals surface area contributed by atoms with Crippen LogP contribution in [-0.2, 0) is 9.59 Å². The first kappa shape index (κ1) is 17.9. The van der Waals surface area contributed by atoms with E-state index < -0.39 is 6.09 Å². The Hall–Kier alpha value is -2.89. The predicted octanol–water partition coefficient (Wildman–Crippen LogP) is 2.78. The molecule has 2 heterocycles. The summed E-state index contributed by atoms with van der Waals surface area (Å²) in [6.45, 7) is 1.30. The van der Waals surface area contributed by atoms with Gasteiger partial charge in [-0.3, -0.25) is 14.5 Å². The van der Waals surface area contributed by atoms with Gasteiger partial charge in [-0.15, -0.1) is 0 Å². The summed E-state index contributed by atoms with van der Waals surface area (Å²) in [5.41, 5.74) is 1.29. The summed E-state index contributed by atoms with van der Waals surface area (Å²) in [5.74, 6) is -0.463. The topological polar surface area (TPSA) is 77.9 Å². The number of carbonyl (C=O) groups is 3. The van der Waals surface area contributed by atoms with Gasteiger partial charge in [0.25, 0.3) is 11.8 Å². The van der Waals surface area contributed by atoms with Gasteiger partial charge < -0.3 is 10.0 Å². The number of hydrogen-bond acceptors (Lipinski definition) is 3. The van der Waals surface area contributed by atoms with Crippen LogP contribution < -0.4 is 0 Å². The Labute approximate surface area is 152 Å². The van der Waals surface area contributed by atoms with Crippen molar-refractivity contribution in [1.29, 1.82) is 0 Å². The van der Waals surface area contributed by atoms with Crippen molar-refractivity contribution >= 4 is 23.5 Å². The van der Waals surface area contributed by atoms with Crippen LogP contribution in [0.15, 0.2) is 48.6 Å². The summed E-state index contributed by atoms with van der Waals surface area (Å²) < 4.78 is 0. The van der Waals surface area contributed by atoms with E-state index in [1.165, 1.54) is 15.9 Å². The first-order valence-electron chi connectivity index (χ1n) is 8.83. The van der Waals surface area contributed by atoms with Gasteiger partial charge in [-0.05, 0) is 36.8 Å². The van der Waals surface area contributed by atoms with Gasteiger partial charge in [-0.25, -0.2) is 4.79 Å². The highest BCUT2D eigenvalue weighted by atomic mass is 16.4. The standard InChI is InChI=1S/C20H22N2O4/c23-18-8-4-5-11-22(18)19(24)17(16-6-2-1-3-7-16)14-15-9-12-21(13-10-15)20(25)26/h1-4,6-8,14-15H,5,9-13H2,(H,25,26)/b17-14+. The molecule has 3 amide bonds. The second kappa shape index (κ2) is 7.99. The molecule has 0 radical (unpaired) electrons. The highest BCUT2D eigenvalue weighted by molar-refractivity contribution is 6.24. The number of hydrogen-bond donors (Lipinski definition) is 1. The third-order valence-electron chi connectivity index (χ3n) is 4.82. The van der Waals surface area contributed by atoms with Crippen molar-refractivity contribution in [2.45, 2.75) is 19.3 Å². The molecule has 0 saturated carbocycles. The van der Waals surface area contributed by atoms with Gasteiger partial charge >= 0.3 is 6.09 Å². The summed E-state index contributed by atoms with van der Waals surface area (Å²) in [6.07, 6.45) is 6.24. The molecule has 0 aromatic heterocycles. The highest BCUT2D eigenvalue weighted by Gasteiger charge is 2.27. The largest absolute Gasteiger partial charge is 0.465 e. The molecular formula is C20H22N2O4. The van der Waals surface area contributed by atoms with E-state index in [-0.39, 0.29) is 17.7 Å².